The van der Waals surface area contributed by atoms with Crippen LogP contribution >= 0.6 is 11.8 Å². The molecule has 1 heterocycles. The van der Waals surface area contributed by atoms with Crippen molar-refractivity contribution < 1.29 is 32.6 Å². The smallest absolute Gasteiger partial charge is 0.307 e. The van der Waals surface area contributed by atoms with Gasteiger partial charge in [-0.1, -0.05) is 102 Å². The number of ketones is 1. The molecule has 0 saturated heterocycles. The van der Waals surface area contributed by atoms with Gasteiger partial charge in [0.15, 0.2) is 12.4 Å². The number of Topliss-reactive ketones (excluding diaryl/α,β-unsaturated/α-hetero) is 1. The number of nitrogens with one attached hydrogen (secondary N) is 2. The first-order valence-electron chi connectivity index (χ1n) is 17.7. The maximum absolute atomic E-state index is 14.3. The molecule has 10 nitrogen and oxygen atoms in total. The van der Waals surface area contributed by atoms with Gasteiger partial charge in [-0.25, -0.2) is 13.1 Å². The highest BCUT2D eigenvalue weighted by atomic mass is 32.2. The lowest BCUT2D eigenvalue weighted by atomic mass is 9.87. The first-order chi connectivity index (χ1) is 24.3. The largest absolute Gasteiger partial charge is 0.483 e. The average Bonchev–Trinajstić information content (AvgIpc) is 3.21. The molecule has 4 rings (SSSR count). The molecule has 51 heavy (non-hydrogen) atoms. The molecule has 1 aliphatic rings. The summed E-state index contributed by atoms with van der Waals surface area (Å²) in [6.45, 7) is 7.64. The fourth-order valence-corrected chi connectivity index (χ4v) is 8.73. The van der Waals surface area contributed by atoms with E-state index in [1.807, 2.05) is 42.7 Å². The lowest BCUT2D eigenvalue weighted by Gasteiger charge is -2.37. The summed E-state index contributed by atoms with van der Waals surface area (Å²) in [6.07, 6.45) is 6.57. The second-order valence-corrected chi connectivity index (χ2v) is 16.0. The molecule has 0 fully saturated rings. The van der Waals surface area contributed by atoms with Gasteiger partial charge in [0.05, 0.1) is 22.0 Å². The van der Waals surface area contributed by atoms with E-state index in [9.17, 15) is 27.9 Å². The van der Waals surface area contributed by atoms with E-state index in [0.717, 1.165) is 31.4 Å². The second kappa shape index (κ2) is 18.1. The molecular formula is C39H51N3O7S2. The lowest BCUT2D eigenvalue weighted by molar-refractivity contribution is -0.145. The van der Waals surface area contributed by atoms with E-state index in [2.05, 4.69) is 28.8 Å². The topological polar surface area (TPSA) is 142 Å². The molecule has 1 amide bonds. The molecular weight excluding hydrogens is 687 g/mol. The summed E-state index contributed by atoms with van der Waals surface area (Å²) in [6, 6.07) is 20.6. The Bertz CT molecular complexity index is 1740. The molecule has 12 heteroatoms. The molecule has 0 spiro atoms. The Labute approximate surface area is 306 Å². The average molecular weight is 738 g/mol. The first kappa shape index (κ1) is 39.9. The van der Waals surface area contributed by atoms with Crippen molar-refractivity contribution in [2.24, 2.45) is 11.8 Å². The molecule has 0 radical (unpaired) electrons. The van der Waals surface area contributed by atoms with Gasteiger partial charge >= 0.3 is 5.97 Å². The van der Waals surface area contributed by atoms with Crippen molar-refractivity contribution in [3.8, 4) is 5.75 Å². The number of hydrogen-bond donors (Lipinski definition) is 3. The van der Waals surface area contributed by atoms with Crippen LogP contribution in [0.15, 0.2) is 82.6 Å². The minimum absolute atomic E-state index is 0.0557. The number of nitrogens with zero attached hydrogens (tertiary/aromatic N) is 1. The highest BCUT2D eigenvalue weighted by Crippen LogP contribution is 2.44. The lowest BCUT2D eigenvalue weighted by Crippen LogP contribution is -2.53. The number of amides is 1. The summed E-state index contributed by atoms with van der Waals surface area (Å²) in [5, 5.41) is 12.4. The fraction of sp³-hybridized carbons (Fsp3) is 0.462. The van der Waals surface area contributed by atoms with Crippen LogP contribution in [0.4, 0.5) is 11.4 Å². The van der Waals surface area contributed by atoms with Gasteiger partial charge in [-0.2, -0.15) is 0 Å². The SMILES string of the molecule is CCCCC1(CCCC)CN(c2ccccc2)c2cc(SC)c(OCC(=O)N[C@@H](C(=O)C[C@H](C(=O)O)C(C)C)c3ccccc3)cc2S(=O)(=O)N1. The van der Waals surface area contributed by atoms with Crippen LogP contribution in [0, 0.1) is 11.8 Å². The molecule has 3 aromatic rings. The van der Waals surface area contributed by atoms with E-state index < -0.39 is 51.8 Å². The van der Waals surface area contributed by atoms with Crippen molar-refractivity contribution in [3.63, 3.8) is 0 Å². The summed E-state index contributed by atoms with van der Waals surface area (Å²) in [7, 11) is -4.04. The highest BCUT2D eigenvalue weighted by Gasteiger charge is 2.42. The third-order valence-corrected chi connectivity index (χ3v) is 11.8. The number of hydrogen-bond acceptors (Lipinski definition) is 8. The Morgan fingerprint density at radius 3 is 2.14 bits per heavy atom. The number of thioether (sulfide) groups is 1. The Kier molecular flexibility index (Phi) is 14.1. The van der Waals surface area contributed by atoms with Crippen molar-refractivity contribution in [1.29, 1.82) is 0 Å². The summed E-state index contributed by atoms with van der Waals surface area (Å²) >= 11 is 1.37. The molecule has 0 aromatic heterocycles. The van der Waals surface area contributed by atoms with E-state index in [0.29, 0.717) is 35.5 Å². The molecule has 3 N–H and O–H groups in total. The van der Waals surface area contributed by atoms with Gasteiger partial charge in [-0.05, 0) is 48.8 Å². The number of carbonyl (C=O) groups is 3. The van der Waals surface area contributed by atoms with E-state index in [1.54, 1.807) is 44.2 Å². The number of benzene rings is 3. The summed E-state index contributed by atoms with van der Waals surface area (Å²) < 4.78 is 37.8. The molecule has 0 aliphatic carbocycles. The fourth-order valence-electron chi connectivity index (χ4n) is 6.53. The van der Waals surface area contributed by atoms with Gasteiger partial charge in [0, 0.05) is 24.7 Å². The van der Waals surface area contributed by atoms with Crippen molar-refractivity contribution in [3.05, 3.63) is 78.4 Å². The predicted molar refractivity (Wildman–Crippen MR) is 202 cm³/mol. The molecule has 0 saturated carbocycles. The highest BCUT2D eigenvalue weighted by molar-refractivity contribution is 7.98. The molecule has 276 valence electrons. The van der Waals surface area contributed by atoms with Gasteiger partial charge in [0.25, 0.3) is 5.91 Å². The van der Waals surface area contributed by atoms with Crippen LogP contribution in [0.3, 0.4) is 0 Å². The number of para-hydroxylation sites is 1. The number of carbonyl (C=O) groups excluding carboxylic acids is 2. The minimum Gasteiger partial charge on any atom is -0.483 e. The third-order valence-electron chi connectivity index (χ3n) is 9.38. The zero-order valence-corrected chi connectivity index (χ0v) is 31.8. The number of unbranched alkanes of at least 4 members (excludes halogenated alkanes) is 2. The number of aliphatic carboxylic acids is 1. The Morgan fingerprint density at radius 2 is 1.59 bits per heavy atom. The summed E-state index contributed by atoms with van der Waals surface area (Å²) in [5.74, 6) is -3.09. The Morgan fingerprint density at radius 1 is 0.980 bits per heavy atom. The monoisotopic (exact) mass is 737 g/mol. The zero-order chi connectivity index (χ0) is 37.2. The van der Waals surface area contributed by atoms with Crippen LogP contribution < -0.4 is 19.7 Å². The first-order valence-corrected chi connectivity index (χ1v) is 20.4. The van der Waals surface area contributed by atoms with E-state index in [4.69, 9.17) is 4.74 Å². The normalized spacial score (nSPS) is 16.1. The van der Waals surface area contributed by atoms with Gasteiger partial charge < -0.3 is 20.1 Å². The molecule has 0 unspecified atom stereocenters. The van der Waals surface area contributed by atoms with Crippen LogP contribution in [0.2, 0.25) is 0 Å². The third kappa shape index (κ3) is 10.1. The molecule has 3 aromatic carbocycles. The number of rotatable bonds is 18. The second-order valence-electron chi connectivity index (χ2n) is 13.5. The van der Waals surface area contributed by atoms with Gasteiger partial charge in [-0.3, -0.25) is 14.4 Å². The van der Waals surface area contributed by atoms with Crippen molar-refractivity contribution in [2.75, 3.05) is 24.3 Å². The van der Waals surface area contributed by atoms with Crippen LogP contribution in [0.25, 0.3) is 0 Å². The number of anilines is 2. The summed E-state index contributed by atoms with van der Waals surface area (Å²) in [4.78, 5) is 41.5. The van der Waals surface area contributed by atoms with Crippen LogP contribution in [-0.4, -0.2) is 56.1 Å². The Hall–Kier alpha value is -3.87. The number of ether oxygens (including phenoxy) is 1. The van der Waals surface area contributed by atoms with E-state index in [-0.39, 0.29) is 23.0 Å². The molecule has 1 aliphatic heterocycles. The number of sulfonamides is 1. The maximum Gasteiger partial charge on any atom is 0.307 e. The van der Waals surface area contributed by atoms with Gasteiger partial charge in [0.1, 0.15) is 16.7 Å². The standard InChI is InChI=1S/C39H51N3O7S2/c1-6-8-20-39(21-9-7-2)26-42(29-18-14-11-15-19-29)31-23-34(50-5)33(24-35(31)51(47,48)41-39)49-25-36(44)40-37(28-16-12-10-13-17-28)32(43)22-30(27(3)4)38(45)46/h10-19,23-24,27,30,37,41H,6-9,20-22,25-26H2,1-5H3,(H,40,44)(H,45,46)/t30-,37+/m0/s1. The number of carboxylic acid groups (broad SMARTS) is 1. The predicted octanol–water partition coefficient (Wildman–Crippen LogP) is 7.51. The number of fused-ring (bicyclic) bond motifs is 1. The van der Waals surface area contributed by atoms with Crippen LogP contribution in [0.1, 0.15) is 84.2 Å². The molecule has 2 atom stereocenters. The minimum atomic E-state index is -4.04. The summed E-state index contributed by atoms with van der Waals surface area (Å²) in [5.41, 5.74) is 1.22. The van der Waals surface area contributed by atoms with E-state index >= 15 is 0 Å². The van der Waals surface area contributed by atoms with Crippen molar-refractivity contribution in [2.45, 2.75) is 94.0 Å². The van der Waals surface area contributed by atoms with Gasteiger partial charge in [-0.15, -0.1) is 11.8 Å². The quantitative estimate of drug-likeness (QED) is 0.113. The molecule has 0 bridgehead atoms. The van der Waals surface area contributed by atoms with Crippen molar-refractivity contribution in [1.82, 2.24) is 10.0 Å². The zero-order valence-electron chi connectivity index (χ0n) is 30.2. The van der Waals surface area contributed by atoms with E-state index in [1.165, 1.54) is 17.8 Å². The van der Waals surface area contributed by atoms with Crippen LogP contribution in [-0.2, 0) is 24.4 Å². The Balaban J connectivity index is 1.68. The van der Waals surface area contributed by atoms with Gasteiger partial charge in [0.2, 0.25) is 10.0 Å². The maximum atomic E-state index is 14.3. The van der Waals surface area contributed by atoms with Crippen molar-refractivity contribution >= 4 is 50.8 Å². The number of carboxylic acids is 1. The van der Waals surface area contributed by atoms with Crippen LogP contribution in [0.5, 0.6) is 5.75 Å².